The summed E-state index contributed by atoms with van der Waals surface area (Å²) in [7, 11) is 2.44. The van der Waals surface area contributed by atoms with Gasteiger partial charge in [-0.15, -0.1) is 0 Å². The monoisotopic (exact) mass is 448 g/mol. The van der Waals surface area contributed by atoms with Crippen LogP contribution in [-0.4, -0.2) is 48.5 Å². The van der Waals surface area contributed by atoms with Crippen LogP contribution in [0.4, 0.5) is 0 Å². The van der Waals surface area contributed by atoms with Crippen molar-refractivity contribution >= 4 is 28.9 Å². The van der Waals surface area contributed by atoms with Crippen LogP contribution in [-0.2, 0) is 14.2 Å². The number of hydrogen-bond acceptors (Lipinski definition) is 8. The van der Waals surface area contributed by atoms with Crippen LogP contribution in [0.3, 0.4) is 0 Å². The van der Waals surface area contributed by atoms with Gasteiger partial charge in [-0.25, -0.2) is 19.1 Å². The van der Waals surface area contributed by atoms with E-state index in [0.717, 1.165) is 0 Å². The predicted octanol–water partition coefficient (Wildman–Crippen LogP) is 4.04. The number of fused-ring (bicyclic) bond motifs is 1. The number of hydrogen-bond donors (Lipinski definition) is 0. The molecular weight excluding hydrogens is 428 g/mol. The number of carbonyl (C=O) groups is 3. The Morgan fingerprint density at radius 3 is 2.33 bits per heavy atom. The van der Waals surface area contributed by atoms with Gasteiger partial charge in [-0.1, -0.05) is 18.2 Å². The molecule has 168 valence electrons. The third kappa shape index (κ3) is 3.96. The Morgan fingerprint density at radius 2 is 1.67 bits per heavy atom. The van der Waals surface area contributed by atoms with Crippen molar-refractivity contribution in [2.45, 2.75) is 6.92 Å². The van der Waals surface area contributed by atoms with Crippen molar-refractivity contribution in [1.29, 1.82) is 0 Å². The standard InChI is InChI=1S/C24H20N2O7/c1-4-32-22(27)18-13-15-12-14(10-11-17(15)33-18)20-19(23(28)30-2)21(24(29)31-3)26(25-20)16-8-6-5-7-9-16/h5-13H,4H2,1-3H3. The second kappa shape index (κ2) is 8.99. The summed E-state index contributed by atoms with van der Waals surface area (Å²) in [6.45, 7) is 1.92. The fraction of sp³-hybridized carbons (Fsp3) is 0.167. The van der Waals surface area contributed by atoms with Crippen molar-refractivity contribution in [3.63, 3.8) is 0 Å². The van der Waals surface area contributed by atoms with Gasteiger partial charge in [0, 0.05) is 10.9 Å². The van der Waals surface area contributed by atoms with Gasteiger partial charge in [-0.3, -0.25) is 0 Å². The molecule has 0 unspecified atom stereocenters. The molecule has 0 amide bonds. The Labute approximate surface area is 188 Å². The highest BCUT2D eigenvalue weighted by atomic mass is 16.5. The molecule has 0 atom stereocenters. The summed E-state index contributed by atoms with van der Waals surface area (Å²) < 4.78 is 21.8. The van der Waals surface area contributed by atoms with Crippen LogP contribution in [0, 0.1) is 0 Å². The fourth-order valence-electron chi connectivity index (χ4n) is 3.45. The molecule has 0 aliphatic heterocycles. The molecule has 0 N–H and O–H groups in total. The lowest BCUT2D eigenvalue weighted by atomic mass is 10.0. The van der Waals surface area contributed by atoms with Gasteiger partial charge >= 0.3 is 17.9 Å². The molecule has 2 aromatic carbocycles. The average Bonchev–Trinajstić information content (AvgIpc) is 3.45. The lowest BCUT2D eigenvalue weighted by Gasteiger charge is -2.07. The highest BCUT2D eigenvalue weighted by Gasteiger charge is 2.31. The van der Waals surface area contributed by atoms with Crippen molar-refractivity contribution in [1.82, 2.24) is 9.78 Å². The second-order valence-corrected chi connectivity index (χ2v) is 6.89. The minimum Gasteiger partial charge on any atom is -0.465 e. The largest absolute Gasteiger partial charge is 0.465 e. The van der Waals surface area contributed by atoms with Gasteiger partial charge in [0.1, 0.15) is 16.8 Å². The van der Waals surface area contributed by atoms with Crippen molar-refractivity contribution in [2.24, 2.45) is 0 Å². The molecule has 0 bridgehead atoms. The first-order valence-electron chi connectivity index (χ1n) is 10.0. The van der Waals surface area contributed by atoms with Crippen molar-refractivity contribution in [2.75, 3.05) is 20.8 Å². The van der Waals surface area contributed by atoms with Gasteiger partial charge < -0.3 is 18.6 Å². The van der Waals surface area contributed by atoms with Crippen LogP contribution in [0.1, 0.15) is 38.3 Å². The molecule has 9 heteroatoms. The number of aromatic nitrogens is 2. The van der Waals surface area contributed by atoms with E-state index in [-0.39, 0.29) is 29.3 Å². The smallest absolute Gasteiger partial charge is 0.374 e. The third-order valence-electron chi connectivity index (χ3n) is 4.92. The van der Waals surface area contributed by atoms with Crippen LogP contribution >= 0.6 is 0 Å². The van der Waals surface area contributed by atoms with Crippen LogP contribution in [0.25, 0.3) is 27.9 Å². The molecule has 2 aromatic heterocycles. The van der Waals surface area contributed by atoms with E-state index in [1.165, 1.54) is 18.9 Å². The van der Waals surface area contributed by atoms with Crippen molar-refractivity contribution in [3.05, 3.63) is 71.6 Å². The maximum absolute atomic E-state index is 12.8. The van der Waals surface area contributed by atoms with Crippen LogP contribution < -0.4 is 0 Å². The van der Waals surface area contributed by atoms with Gasteiger partial charge in [0.15, 0.2) is 5.69 Å². The van der Waals surface area contributed by atoms with Crippen molar-refractivity contribution in [3.8, 4) is 16.9 Å². The number of carbonyl (C=O) groups excluding carboxylic acids is 3. The summed E-state index contributed by atoms with van der Waals surface area (Å²) in [5, 5.41) is 5.16. The normalized spacial score (nSPS) is 10.8. The first kappa shape index (κ1) is 21.8. The lowest BCUT2D eigenvalue weighted by Crippen LogP contribution is -2.15. The molecule has 4 rings (SSSR count). The van der Waals surface area contributed by atoms with Gasteiger partial charge in [-0.05, 0) is 43.3 Å². The van der Waals surface area contributed by atoms with Gasteiger partial charge in [0.05, 0.1) is 26.5 Å². The molecule has 0 aliphatic carbocycles. The fourth-order valence-corrected chi connectivity index (χ4v) is 3.45. The summed E-state index contributed by atoms with van der Waals surface area (Å²) in [6.07, 6.45) is 0. The molecule has 0 saturated heterocycles. The van der Waals surface area contributed by atoms with Crippen LogP contribution in [0.2, 0.25) is 0 Å². The Kier molecular flexibility index (Phi) is 5.95. The molecule has 0 saturated carbocycles. The molecular formula is C24H20N2O7. The Bertz CT molecular complexity index is 1350. The van der Waals surface area contributed by atoms with E-state index in [0.29, 0.717) is 22.2 Å². The highest BCUT2D eigenvalue weighted by molar-refractivity contribution is 6.07. The number of methoxy groups -OCH3 is 2. The first-order valence-corrected chi connectivity index (χ1v) is 10.0. The summed E-state index contributed by atoms with van der Waals surface area (Å²) in [4.78, 5) is 37.5. The zero-order chi connectivity index (χ0) is 23.5. The Morgan fingerprint density at radius 1 is 0.939 bits per heavy atom. The molecule has 0 fully saturated rings. The maximum Gasteiger partial charge on any atom is 0.374 e. The summed E-state index contributed by atoms with van der Waals surface area (Å²) in [6, 6.07) is 15.4. The lowest BCUT2D eigenvalue weighted by molar-refractivity contribution is 0.0491. The minimum atomic E-state index is -0.744. The summed E-state index contributed by atoms with van der Waals surface area (Å²) in [5.74, 6) is -2.01. The predicted molar refractivity (Wildman–Crippen MR) is 117 cm³/mol. The van der Waals surface area contributed by atoms with E-state index >= 15 is 0 Å². The number of esters is 3. The van der Waals surface area contributed by atoms with E-state index < -0.39 is 17.9 Å². The minimum absolute atomic E-state index is 0.0401. The highest BCUT2D eigenvalue weighted by Crippen LogP contribution is 2.32. The Hall–Kier alpha value is -4.40. The molecule has 0 radical (unpaired) electrons. The van der Waals surface area contributed by atoms with E-state index in [1.807, 2.05) is 6.07 Å². The van der Waals surface area contributed by atoms with Gasteiger partial charge in [0.25, 0.3) is 0 Å². The number of nitrogens with zero attached hydrogens (tertiary/aromatic N) is 2. The van der Waals surface area contributed by atoms with Gasteiger partial charge in [-0.2, -0.15) is 5.10 Å². The number of benzene rings is 2. The van der Waals surface area contributed by atoms with Crippen LogP contribution in [0.15, 0.2) is 59.0 Å². The summed E-state index contributed by atoms with van der Waals surface area (Å²) >= 11 is 0. The number of furan rings is 1. The number of rotatable bonds is 6. The van der Waals surface area contributed by atoms with Gasteiger partial charge in [0.2, 0.25) is 5.76 Å². The quantitative estimate of drug-likeness (QED) is 0.321. The molecule has 4 aromatic rings. The number of para-hydroxylation sites is 1. The second-order valence-electron chi connectivity index (χ2n) is 6.89. The molecule has 33 heavy (non-hydrogen) atoms. The number of ether oxygens (including phenoxy) is 3. The molecule has 9 nitrogen and oxygen atoms in total. The zero-order valence-electron chi connectivity index (χ0n) is 18.2. The van der Waals surface area contributed by atoms with Crippen molar-refractivity contribution < 1.29 is 33.0 Å². The Balaban J connectivity index is 1.93. The SMILES string of the molecule is CCOC(=O)c1cc2cc(-c3nn(-c4ccccc4)c(C(=O)OC)c3C(=O)OC)ccc2o1. The molecule has 0 aliphatic rings. The third-order valence-corrected chi connectivity index (χ3v) is 4.92. The summed E-state index contributed by atoms with van der Waals surface area (Å²) in [5.41, 5.74) is 1.64. The van der Waals surface area contributed by atoms with E-state index in [1.54, 1.807) is 55.5 Å². The first-order chi connectivity index (χ1) is 16.0. The van der Waals surface area contributed by atoms with E-state index in [2.05, 4.69) is 5.10 Å². The van der Waals surface area contributed by atoms with Crippen LogP contribution in [0.5, 0.6) is 0 Å². The topological polar surface area (TPSA) is 110 Å². The average molecular weight is 448 g/mol. The molecule has 2 heterocycles. The molecule has 0 spiro atoms. The van der Waals surface area contributed by atoms with E-state index in [9.17, 15) is 14.4 Å². The zero-order valence-corrected chi connectivity index (χ0v) is 18.2. The van der Waals surface area contributed by atoms with E-state index in [4.69, 9.17) is 18.6 Å². The maximum atomic E-state index is 12.8.